The van der Waals surface area contributed by atoms with Crippen molar-refractivity contribution in [1.82, 2.24) is 0 Å². The quantitative estimate of drug-likeness (QED) is 0.330. The second-order valence-corrected chi connectivity index (χ2v) is 13.0. The molecule has 0 aliphatic heterocycles. The number of aliphatic carboxylic acids is 1. The van der Waals surface area contributed by atoms with Crippen LogP contribution in [0.2, 0.25) is 0 Å². The van der Waals surface area contributed by atoms with Gasteiger partial charge in [-0.05, 0) is 0 Å². The molecule has 0 atom stereocenters. The summed E-state index contributed by atoms with van der Waals surface area (Å²) in [4.78, 5) is 11.6. The van der Waals surface area contributed by atoms with Crippen LogP contribution in [0.25, 0.3) is 0 Å². The number of hydrogen-bond acceptors (Lipinski definition) is 1. The molecule has 4 rings (SSSR count). The Balaban J connectivity index is 0.00000289. The van der Waals surface area contributed by atoms with Crippen molar-refractivity contribution in [3.05, 3.63) is 121 Å². The van der Waals surface area contributed by atoms with Gasteiger partial charge in [0.05, 0.1) is 0 Å². The SMILES string of the molecule is Br.O=C(O)CCCP(c1ccccc1)(c1ccccc1)(c1ccccc1)c1ccccc1. The summed E-state index contributed by atoms with van der Waals surface area (Å²) in [7, 11) is 0. The Morgan fingerprint density at radius 2 is 0.844 bits per heavy atom. The first-order valence-corrected chi connectivity index (χ1v) is 13.1. The molecule has 4 aromatic rings. The van der Waals surface area contributed by atoms with Gasteiger partial charge in [-0.3, -0.25) is 0 Å². The van der Waals surface area contributed by atoms with Gasteiger partial charge < -0.3 is 0 Å². The number of rotatable bonds is 8. The zero-order valence-corrected chi connectivity index (χ0v) is 20.5. The normalized spacial score (nSPS) is 12.2. The average molecular weight is 507 g/mol. The van der Waals surface area contributed by atoms with Crippen molar-refractivity contribution < 1.29 is 9.90 Å². The van der Waals surface area contributed by atoms with E-state index in [1.807, 2.05) is 24.3 Å². The summed E-state index contributed by atoms with van der Waals surface area (Å²) in [6.45, 7) is -3.21. The van der Waals surface area contributed by atoms with Crippen LogP contribution in [0.15, 0.2) is 121 Å². The maximum atomic E-state index is 11.6. The number of carbonyl (C=O) groups is 1. The third kappa shape index (κ3) is 3.92. The molecule has 4 heteroatoms. The van der Waals surface area contributed by atoms with Gasteiger partial charge in [0.25, 0.3) is 0 Å². The van der Waals surface area contributed by atoms with Crippen molar-refractivity contribution in [3.63, 3.8) is 0 Å². The minimum atomic E-state index is -3.21. The van der Waals surface area contributed by atoms with Crippen molar-refractivity contribution in [1.29, 1.82) is 0 Å². The Labute approximate surface area is 200 Å². The minimum absolute atomic E-state index is 0. The molecule has 2 nitrogen and oxygen atoms in total. The van der Waals surface area contributed by atoms with Gasteiger partial charge in [0.1, 0.15) is 0 Å². The summed E-state index contributed by atoms with van der Waals surface area (Å²) in [6, 6.07) is 42.8. The van der Waals surface area contributed by atoms with E-state index in [-0.39, 0.29) is 23.4 Å². The Morgan fingerprint density at radius 1 is 0.562 bits per heavy atom. The van der Waals surface area contributed by atoms with E-state index in [1.54, 1.807) is 0 Å². The van der Waals surface area contributed by atoms with Crippen LogP contribution in [0.4, 0.5) is 0 Å². The maximum absolute atomic E-state index is 11.6. The third-order valence-electron chi connectivity index (χ3n) is 6.30. The van der Waals surface area contributed by atoms with Crippen LogP contribution in [0.1, 0.15) is 12.8 Å². The molecule has 0 fully saturated rings. The first-order chi connectivity index (χ1) is 15.2. The van der Waals surface area contributed by atoms with Gasteiger partial charge in [-0.25, -0.2) is 0 Å². The molecule has 0 aliphatic carbocycles. The van der Waals surface area contributed by atoms with Crippen molar-refractivity contribution in [2.45, 2.75) is 12.8 Å². The molecule has 0 aliphatic rings. The molecule has 0 aromatic heterocycles. The molecule has 0 saturated heterocycles. The van der Waals surface area contributed by atoms with Crippen LogP contribution in [-0.4, -0.2) is 17.2 Å². The molecule has 32 heavy (non-hydrogen) atoms. The van der Waals surface area contributed by atoms with Crippen molar-refractivity contribution >= 4 is 50.8 Å². The molecule has 4 aromatic carbocycles. The van der Waals surface area contributed by atoms with E-state index in [2.05, 4.69) is 97.1 Å². The number of halogens is 1. The zero-order valence-electron chi connectivity index (χ0n) is 17.9. The summed E-state index contributed by atoms with van der Waals surface area (Å²) in [6.07, 6.45) is 1.51. The van der Waals surface area contributed by atoms with Crippen molar-refractivity contribution in [3.8, 4) is 0 Å². The molecule has 0 bridgehead atoms. The number of carboxylic acid groups (broad SMARTS) is 1. The van der Waals surface area contributed by atoms with Crippen LogP contribution < -0.4 is 21.2 Å². The molecule has 1 N–H and O–H groups in total. The molecule has 0 radical (unpaired) electrons. The monoisotopic (exact) mass is 506 g/mol. The molecule has 0 spiro atoms. The summed E-state index contributed by atoms with van der Waals surface area (Å²) in [5.41, 5.74) is 0. The van der Waals surface area contributed by atoms with Gasteiger partial charge in [-0.2, -0.15) is 0 Å². The standard InChI is InChI=1S/C28H27O2P.BrH/c29-28(30)22-13-23-31(24-14-5-1-6-15-24,25-16-7-2-8-17-25,26-18-9-3-10-19-26)27-20-11-4-12-21-27;/h1-12,14-21H,13,22-23H2,(H,29,30);1H. The van der Waals surface area contributed by atoms with Crippen molar-refractivity contribution in [2.24, 2.45) is 0 Å². The van der Waals surface area contributed by atoms with Crippen LogP contribution in [0.5, 0.6) is 0 Å². The predicted molar refractivity (Wildman–Crippen MR) is 143 cm³/mol. The first kappa shape index (κ1) is 23.9. The molecule has 0 unspecified atom stereocenters. The molecule has 0 heterocycles. The molecule has 0 saturated carbocycles. The van der Waals surface area contributed by atoms with Gasteiger partial charge in [0.2, 0.25) is 0 Å². The van der Waals surface area contributed by atoms with E-state index in [9.17, 15) is 9.90 Å². The van der Waals surface area contributed by atoms with Crippen LogP contribution in [0.3, 0.4) is 0 Å². The Bertz CT molecular complexity index is 964. The Hall–Kier alpha value is -2.74. The van der Waals surface area contributed by atoms with Gasteiger partial charge in [0.15, 0.2) is 0 Å². The van der Waals surface area contributed by atoms with Gasteiger partial charge in [0, 0.05) is 0 Å². The van der Waals surface area contributed by atoms with E-state index in [1.165, 1.54) is 21.2 Å². The van der Waals surface area contributed by atoms with Crippen molar-refractivity contribution in [2.75, 3.05) is 6.16 Å². The van der Waals surface area contributed by atoms with Gasteiger partial charge in [-0.1, -0.05) is 0 Å². The fraction of sp³-hybridized carbons (Fsp3) is 0.107. The van der Waals surface area contributed by atoms with E-state index in [0.29, 0.717) is 6.42 Å². The molecule has 164 valence electrons. The molecular formula is C28H28BrO2P. The summed E-state index contributed by atoms with van der Waals surface area (Å²) < 4.78 is 0. The summed E-state index contributed by atoms with van der Waals surface area (Å²) in [5, 5.41) is 14.6. The van der Waals surface area contributed by atoms with Crippen LogP contribution >= 0.6 is 23.6 Å². The first-order valence-electron chi connectivity index (χ1n) is 10.6. The second kappa shape index (κ2) is 10.3. The van der Waals surface area contributed by atoms with Crippen LogP contribution in [0, 0.1) is 0 Å². The number of benzene rings is 4. The topological polar surface area (TPSA) is 37.3 Å². The summed E-state index contributed by atoms with van der Waals surface area (Å²) >= 11 is 0. The fourth-order valence-corrected chi connectivity index (χ4v) is 11.9. The average Bonchev–Trinajstić information content (AvgIpc) is 2.84. The second-order valence-electron chi connectivity index (χ2n) is 7.87. The number of hydrogen-bond donors (Lipinski definition) is 1. The zero-order chi connectivity index (χ0) is 21.6. The fourth-order valence-electron chi connectivity index (χ4n) is 4.99. The van der Waals surface area contributed by atoms with E-state index >= 15 is 0 Å². The number of carboxylic acids is 1. The van der Waals surface area contributed by atoms with E-state index < -0.39 is 12.6 Å². The third-order valence-corrected chi connectivity index (χ3v) is 13.3. The summed E-state index contributed by atoms with van der Waals surface area (Å²) in [5.74, 6) is -0.751. The molecular weight excluding hydrogens is 479 g/mol. The predicted octanol–water partition coefficient (Wildman–Crippen LogP) is 5.28. The Morgan fingerprint density at radius 3 is 1.09 bits per heavy atom. The molecule has 0 amide bonds. The van der Waals surface area contributed by atoms with Gasteiger partial charge in [-0.15, -0.1) is 17.0 Å². The van der Waals surface area contributed by atoms with Gasteiger partial charge >= 0.3 is 184 Å². The van der Waals surface area contributed by atoms with E-state index in [4.69, 9.17) is 0 Å². The Kier molecular flexibility index (Phi) is 7.66. The van der Waals surface area contributed by atoms with Crippen LogP contribution in [-0.2, 0) is 4.79 Å². The van der Waals surface area contributed by atoms with E-state index in [0.717, 1.165) is 6.16 Å².